The van der Waals surface area contributed by atoms with Gasteiger partial charge in [-0.15, -0.1) is 0 Å². The zero-order valence-electron chi connectivity index (χ0n) is 80.0. The van der Waals surface area contributed by atoms with E-state index in [0.717, 1.165) is 19.5 Å². The second kappa shape index (κ2) is 76.0. The number of hydrogen-bond acceptors (Lipinski definition) is 53. The van der Waals surface area contributed by atoms with Crippen LogP contribution in [-0.4, -0.2) is 491 Å². The lowest BCUT2D eigenvalue weighted by atomic mass is 10.3. The summed E-state index contributed by atoms with van der Waals surface area (Å²) in [6.07, 6.45) is 0.971. The van der Waals surface area contributed by atoms with Crippen LogP contribution in [0.1, 0.15) is 6.42 Å². The molecule has 59 heteroatoms. The summed E-state index contributed by atoms with van der Waals surface area (Å²) in [6, 6.07) is -0.184. The van der Waals surface area contributed by atoms with Crippen molar-refractivity contribution in [1.82, 2.24) is 94.1 Å². The van der Waals surface area contributed by atoms with Crippen molar-refractivity contribution in [3.8, 4) is 0 Å². The summed E-state index contributed by atoms with van der Waals surface area (Å²) in [7, 11) is 39.7. The van der Waals surface area contributed by atoms with Gasteiger partial charge in [0.1, 0.15) is 175 Å². The molecular weight excluding hydrogens is 1730 g/mol. The Bertz CT molecular complexity index is 3150. The van der Waals surface area contributed by atoms with E-state index < -0.39 is 0 Å². The fourth-order valence-electron chi connectivity index (χ4n) is 10.3. The molecule has 6 N–H and O–H groups in total. The van der Waals surface area contributed by atoms with Crippen LogP contribution in [0.25, 0.3) is 0 Å². The minimum absolute atomic E-state index is 0.00468. The molecule has 750 valence electrons. The quantitative estimate of drug-likeness (QED) is 0.0307. The molecule has 3 aliphatic rings. The van der Waals surface area contributed by atoms with Gasteiger partial charge in [0.25, 0.3) is 0 Å². The van der Waals surface area contributed by atoms with E-state index in [1.165, 1.54) is 24.0 Å². The maximum atomic E-state index is 11.7. The first-order valence-electron chi connectivity index (χ1n) is 39.3. The molecule has 3 saturated heterocycles. The highest BCUT2D eigenvalue weighted by molar-refractivity contribution is 5.75. The van der Waals surface area contributed by atoms with E-state index in [4.69, 9.17) is 118 Å². The van der Waals surface area contributed by atoms with Gasteiger partial charge >= 0.3 is 18.1 Å². The molecule has 59 nitrogen and oxygen atoms in total. The predicted octanol–water partition coefficient (Wildman–Crippen LogP) is -0.370. The number of methoxy groups -OCH3 is 24. The van der Waals surface area contributed by atoms with Crippen LogP contribution in [0.4, 0.5) is 85.8 Å². The standard InChI is InChI=1S/C15H30N6O6.C13H26N6O5.C11H22N6O4.C9H18N6O3.C8H17N3O3.C8H16N2O3.C7H14N2O4/c1-22-7-19(8-23-2)13-16-14(20(9-24-3)10-25-4)18-15(17-13)21(11-26-5)12-27-6;1-20-6-14-11-15-12(18(7-21-2)8-22-3)17-13(16-11)19(9-23-4)10-24-5;1-18-5-12-9-14-10(13-6-19-2)16-11(15-9)17(7-20-3)8-21-4;1-16-4-10-7-13-8(11-5-17-2)15-9(14-7)12-6-18-3;1-9-4-10(6-13-2)8(12)11(5-9)7-14-3;1-12-6-9-4-3-5-10(7-13-2)8(9)11;1-11-3-8-5-13-6-9(4-12-2)7(8)10/h7-12H2,1-6H3;6-10H2,1-5H3,(H,14,15,16,17);5-8H2,1-4H3,(H2,12,13,14,15,16);4-6H2,1-3H3,(H3,10,11,12,13,14,15);4-7H2,1-3H3;3-7H2,1-2H3;3-6H2,1-2H3. The highest BCUT2D eigenvalue weighted by atomic mass is 16.6. The fraction of sp³-hybridized carbons (Fsp3) is 0.789. The highest BCUT2D eigenvalue weighted by Gasteiger charge is 2.30. The second-order valence-corrected chi connectivity index (χ2v) is 26.0. The van der Waals surface area contributed by atoms with Crippen molar-refractivity contribution in [2.45, 2.75) is 6.42 Å². The summed E-state index contributed by atoms with van der Waals surface area (Å²) in [5.74, 6) is 4.57. The largest absolute Gasteiger partial charge is 0.364 e. The van der Waals surface area contributed by atoms with E-state index >= 15 is 0 Å². The van der Waals surface area contributed by atoms with Gasteiger partial charge in [-0.2, -0.15) is 59.8 Å². The lowest BCUT2D eigenvalue weighted by Crippen LogP contribution is -2.57. The van der Waals surface area contributed by atoms with Crippen LogP contribution < -0.4 is 61.3 Å². The predicted molar refractivity (Wildman–Crippen MR) is 471 cm³/mol. The molecule has 7 rings (SSSR count). The molecule has 6 amide bonds. The summed E-state index contributed by atoms with van der Waals surface area (Å²) >= 11 is 0. The first kappa shape index (κ1) is 118. The van der Waals surface area contributed by atoms with Gasteiger partial charge in [-0.3, -0.25) is 53.9 Å². The molecule has 0 unspecified atom stereocenters. The number of carbonyl (C=O) groups is 3. The normalized spacial score (nSPS) is 13.0. The summed E-state index contributed by atoms with van der Waals surface area (Å²) in [4.78, 5) is 108. The summed E-state index contributed by atoms with van der Waals surface area (Å²) < 4.78 is 126. The Kier molecular flexibility index (Phi) is 69.2. The maximum Gasteiger partial charge on any atom is 0.327 e. The monoisotopic (exact) mass is 1880 g/mol. The number of carbonyl (C=O) groups excluding carboxylic acids is 3. The molecule has 0 spiro atoms. The lowest BCUT2D eigenvalue weighted by Gasteiger charge is -2.39. The smallest absolute Gasteiger partial charge is 0.327 e. The minimum atomic E-state index is -0.130. The number of amides is 6. The molecule has 0 radical (unpaired) electrons. The van der Waals surface area contributed by atoms with Crippen LogP contribution in [0.5, 0.6) is 0 Å². The Labute approximate surface area is 760 Å². The molecule has 4 aromatic rings. The van der Waals surface area contributed by atoms with Gasteiger partial charge in [0.2, 0.25) is 71.4 Å². The zero-order valence-corrected chi connectivity index (χ0v) is 80.0. The molecule has 3 aliphatic heterocycles. The van der Waals surface area contributed by atoms with Gasteiger partial charge in [0.05, 0.1) is 13.3 Å². The summed E-state index contributed by atoms with van der Waals surface area (Å²) in [6.45, 7) is 9.82. The van der Waals surface area contributed by atoms with Gasteiger partial charge in [-0.05, 0) is 13.5 Å². The van der Waals surface area contributed by atoms with E-state index in [2.05, 4.69) is 91.7 Å². The van der Waals surface area contributed by atoms with Crippen LogP contribution in [0, 0.1) is 0 Å². The third-order valence-corrected chi connectivity index (χ3v) is 15.3. The molecule has 0 saturated carbocycles. The summed E-state index contributed by atoms with van der Waals surface area (Å²) in [5.41, 5.74) is 0. The van der Waals surface area contributed by atoms with Crippen molar-refractivity contribution in [3.05, 3.63) is 0 Å². The molecule has 130 heavy (non-hydrogen) atoms. The van der Waals surface area contributed by atoms with Crippen molar-refractivity contribution in [3.63, 3.8) is 0 Å². The third kappa shape index (κ3) is 48.0. The van der Waals surface area contributed by atoms with E-state index in [0.29, 0.717) is 132 Å². The van der Waals surface area contributed by atoms with E-state index in [-0.39, 0.29) is 146 Å². The SMILES string of the molecule is COCN(COC)c1nc(N(COC)COC)nc(N(COC)COC)n1.COCN1CCCN(COC)C1=O.COCN1CN(C)CN(COC)C1=O.COCN1COCN(COC)C1=O.COCNc1nc(N(COC)COC)nc(N(COC)COC)n1.COCNc1nc(NCOC)nc(N(COC)COC)n1.COCNc1nc(NCOC)nc(NCOC)n1. The topological polar surface area (TPSA) is 551 Å². The molecule has 0 bridgehead atoms. The average Bonchev–Trinajstić information content (AvgIpc) is 0.787. The molecule has 0 atom stereocenters. The van der Waals surface area contributed by atoms with Crippen LogP contribution in [0.2, 0.25) is 0 Å². The average molecular weight is 1880 g/mol. The molecule has 4 aromatic heterocycles. The number of ether oxygens (including phenoxy) is 25. The maximum absolute atomic E-state index is 11.7. The molecule has 7 heterocycles. The third-order valence-electron chi connectivity index (χ3n) is 15.3. The number of nitrogens with zero attached hydrogens (tertiary/aromatic N) is 25. The van der Waals surface area contributed by atoms with Crippen molar-refractivity contribution in [1.29, 1.82) is 0 Å². The van der Waals surface area contributed by atoms with Crippen molar-refractivity contribution in [2.24, 2.45) is 0 Å². The Morgan fingerprint density at radius 1 is 0.238 bits per heavy atom. The fourth-order valence-corrected chi connectivity index (χ4v) is 10.3. The first-order chi connectivity index (χ1) is 63.1. The first-order valence-corrected chi connectivity index (χ1v) is 39.3. The van der Waals surface area contributed by atoms with Crippen LogP contribution in [0.3, 0.4) is 0 Å². The zero-order chi connectivity index (χ0) is 96.5. The van der Waals surface area contributed by atoms with Gasteiger partial charge in [-0.1, -0.05) is 0 Å². The molecule has 3 fully saturated rings. The summed E-state index contributed by atoms with van der Waals surface area (Å²) in [5, 5.41) is 17.4. The van der Waals surface area contributed by atoms with Crippen molar-refractivity contribution >= 4 is 89.5 Å². The number of hydrogen-bond donors (Lipinski definition) is 6. The van der Waals surface area contributed by atoms with Crippen molar-refractivity contribution < 1.29 is 133 Å². The van der Waals surface area contributed by atoms with Crippen molar-refractivity contribution in [2.75, 3.05) is 440 Å². The van der Waals surface area contributed by atoms with E-state index in [1.807, 2.05) is 11.9 Å². The second-order valence-electron chi connectivity index (χ2n) is 26.0. The lowest BCUT2D eigenvalue weighted by molar-refractivity contribution is -0.102. The minimum Gasteiger partial charge on any atom is -0.364 e. The number of anilines is 12. The highest BCUT2D eigenvalue weighted by Crippen LogP contribution is 2.23. The van der Waals surface area contributed by atoms with E-state index in [1.54, 1.807) is 205 Å². The van der Waals surface area contributed by atoms with Gasteiger partial charge in [-0.25, -0.2) is 14.4 Å². The molecular formula is C71H143N31O28. The van der Waals surface area contributed by atoms with Crippen LogP contribution in [0.15, 0.2) is 0 Å². The Hall–Kier alpha value is -9.59. The molecule has 0 aliphatic carbocycles. The number of aromatic nitrogens is 12. The van der Waals surface area contributed by atoms with Gasteiger partial charge in [0, 0.05) is 184 Å². The Morgan fingerprint density at radius 2 is 0.415 bits per heavy atom. The number of urea groups is 3. The van der Waals surface area contributed by atoms with Gasteiger partial charge < -0.3 is 160 Å². The van der Waals surface area contributed by atoms with Gasteiger partial charge in [0.15, 0.2) is 0 Å². The number of rotatable bonds is 60. The van der Waals surface area contributed by atoms with E-state index in [9.17, 15) is 14.4 Å². The van der Waals surface area contributed by atoms with Crippen LogP contribution >= 0.6 is 0 Å². The van der Waals surface area contributed by atoms with Crippen LogP contribution in [-0.2, 0) is 118 Å². The Balaban J connectivity index is 0.000000770. The number of nitrogens with one attached hydrogen (secondary N) is 6. The molecule has 0 aromatic carbocycles. The Morgan fingerprint density at radius 3 is 0.631 bits per heavy atom.